The Morgan fingerprint density at radius 3 is 2.04 bits per heavy atom. The molecule has 2 aromatic carbocycles. The second-order valence-electron chi connectivity index (χ2n) is 6.87. The SMILES string of the molecule is COc1cc(CC(=O)N[C@H](CC(C)C)c2ccccc2)cc(OC)c1OC. The molecule has 1 amide bonds. The molecule has 5 heteroatoms. The monoisotopic (exact) mass is 371 g/mol. The molecule has 27 heavy (non-hydrogen) atoms. The fraction of sp³-hybridized carbons (Fsp3) is 0.409. The summed E-state index contributed by atoms with van der Waals surface area (Å²) in [5, 5.41) is 3.16. The summed E-state index contributed by atoms with van der Waals surface area (Å²) < 4.78 is 16.1. The van der Waals surface area contributed by atoms with Gasteiger partial charge in [0.05, 0.1) is 33.8 Å². The van der Waals surface area contributed by atoms with Gasteiger partial charge in [0.2, 0.25) is 11.7 Å². The van der Waals surface area contributed by atoms with E-state index in [1.54, 1.807) is 33.5 Å². The summed E-state index contributed by atoms with van der Waals surface area (Å²) in [6.45, 7) is 4.31. The maximum Gasteiger partial charge on any atom is 0.224 e. The zero-order valence-electron chi connectivity index (χ0n) is 16.7. The van der Waals surface area contributed by atoms with Crippen LogP contribution in [0.3, 0.4) is 0 Å². The van der Waals surface area contributed by atoms with Crippen molar-refractivity contribution in [1.82, 2.24) is 5.32 Å². The van der Waals surface area contributed by atoms with E-state index in [1.807, 2.05) is 30.3 Å². The minimum absolute atomic E-state index is 0.0132. The number of carbonyl (C=O) groups is 1. The first-order valence-electron chi connectivity index (χ1n) is 9.11. The molecule has 1 atom stereocenters. The van der Waals surface area contributed by atoms with Crippen LogP contribution in [0, 0.1) is 5.92 Å². The van der Waals surface area contributed by atoms with Gasteiger partial charge < -0.3 is 19.5 Å². The van der Waals surface area contributed by atoms with Crippen molar-refractivity contribution in [1.29, 1.82) is 0 Å². The van der Waals surface area contributed by atoms with Gasteiger partial charge in [0, 0.05) is 0 Å². The number of methoxy groups -OCH3 is 3. The zero-order valence-corrected chi connectivity index (χ0v) is 16.7. The minimum Gasteiger partial charge on any atom is -0.493 e. The highest BCUT2D eigenvalue weighted by Crippen LogP contribution is 2.38. The molecule has 0 radical (unpaired) electrons. The van der Waals surface area contributed by atoms with Crippen LogP contribution in [0.1, 0.15) is 37.4 Å². The fourth-order valence-corrected chi connectivity index (χ4v) is 3.10. The van der Waals surface area contributed by atoms with Crippen LogP contribution in [0.2, 0.25) is 0 Å². The Hall–Kier alpha value is -2.69. The molecule has 0 aliphatic carbocycles. The fourth-order valence-electron chi connectivity index (χ4n) is 3.10. The first-order valence-corrected chi connectivity index (χ1v) is 9.11. The quantitative estimate of drug-likeness (QED) is 0.719. The average molecular weight is 371 g/mol. The average Bonchev–Trinajstić information content (AvgIpc) is 2.66. The molecule has 0 heterocycles. The zero-order chi connectivity index (χ0) is 19.8. The molecule has 0 aliphatic rings. The highest BCUT2D eigenvalue weighted by Gasteiger charge is 2.18. The van der Waals surface area contributed by atoms with Crippen molar-refractivity contribution in [2.24, 2.45) is 5.92 Å². The van der Waals surface area contributed by atoms with Crippen LogP contribution < -0.4 is 19.5 Å². The van der Waals surface area contributed by atoms with E-state index in [0.29, 0.717) is 23.2 Å². The van der Waals surface area contributed by atoms with Gasteiger partial charge in [-0.25, -0.2) is 0 Å². The highest BCUT2D eigenvalue weighted by molar-refractivity contribution is 5.79. The van der Waals surface area contributed by atoms with E-state index in [4.69, 9.17) is 14.2 Å². The van der Waals surface area contributed by atoms with Gasteiger partial charge in [-0.1, -0.05) is 44.2 Å². The standard InChI is InChI=1S/C22H29NO4/c1-15(2)11-18(17-9-7-6-8-10-17)23-21(24)14-16-12-19(25-3)22(27-5)20(13-16)26-4/h6-10,12-13,15,18H,11,14H2,1-5H3,(H,23,24)/t18-/m1/s1. The van der Waals surface area contributed by atoms with Crippen molar-refractivity contribution in [2.75, 3.05) is 21.3 Å². The smallest absolute Gasteiger partial charge is 0.224 e. The number of benzene rings is 2. The summed E-state index contributed by atoms with van der Waals surface area (Å²) in [6.07, 6.45) is 1.11. The first kappa shape index (κ1) is 20.6. The summed E-state index contributed by atoms with van der Waals surface area (Å²) >= 11 is 0. The number of nitrogens with one attached hydrogen (secondary N) is 1. The van der Waals surface area contributed by atoms with Gasteiger partial charge in [0.1, 0.15) is 0 Å². The van der Waals surface area contributed by atoms with Gasteiger partial charge in [0.25, 0.3) is 0 Å². The summed E-state index contributed by atoms with van der Waals surface area (Å²) in [7, 11) is 4.69. The molecular weight excluding hydrogens is 342 g/mol. The van der Waals surface area contributed by atoms with Gasteiger partial charge in [-0.05, 0) is 35.6 Å². The maximum atomic E-state index is 12.7. The van der Waals surface area contributed by atoms with Crippen LogP contribution in [-0.4, -0.2) is 27.2 Å². The van der Waals surface area contributed by atoms with Crippen molar-refractivity contribution < 1.29 is 19.0 Å². The normalized spacial score (nSPS) is 11.8. The Labute approximate surface area is 161 Å². The van der Waals surface area contributed by atoms with Crippen LogP contribution in [0.5, 0.6) is 17.2 Å². The van der Waals surface area contributed by atoms with E-state index in [9.17, 15) is 4.79 Å². The summed E-state index contributed by atoms with van der Waals surface area (Å²) in [4.78, 5) is 12.7. The van der Waals surface area contributed by atoms with Crippen molar-refractivity contribution in [2.45, 2.75) is 32.7 Å². The van der Waals surface area contributed by atoms with Crippen molar-refractivity contribution >= 4 is 5.91 Å². The molecule has 1 N–H and O–H groups in total. The second kappa shape index (κ2) is 9.86. The third kappa shape index (κ3) is 5.64. The van der Waals surface area contributed by atoms with Gasteiger partial charge in [-0.15, -0.1) is 0 Å². The number of hydrogen-bond acceptors (Lipinski definition) is 4. The molecule has 0 fully saturated rings. The van der Waals surface area contributed by atoms with Crippen molar-refractivity contribution in [3.63, 3.8) is 0 Å². The van der Waals surface area contributed by atoms with E-state index in [-0.39, 0.29) is 18.4 Å². The largest absolute Gasteiger partial charge is 0.493 e. The Balaban J connectivity index is 2.17. The van der Waals surface area contributed by atoms with E-state index < -0.39 is 0 Å². The maximum absolute atomic E-state index is 12.7. The topological polar surface area (TPSA) is 56.8 Å². The second-order valence-corrected chi connectivity index (χ2v) is 6.87. The predicted octanol–water partition coefficient (Wildman–Crippen LogP) is 4.16. The first-order chi connectivity index (χ1) is 13.0. The molecule has 0 aliphatic heterocycles. The van der Waals surface area contributed by atoms with E-state index in [0.717, 1.165) is 17.5 Å². The number of carbonyl (C=O) groups excluding carboxylic acids is 1. The minimum atomic E-state index is -0.0428. The number of amides is 1. The Kier molecular flexibility index (Phi) is 7.53. The lowest BCUT2D eigenvalue weighted by molar-refractivity contribution is -0.121. The molecule has 0 unspecified atom stereocenters. The molecule has 0 saturated carbocycles. The summed E-state index contributed by atoms with van der Waals surface area (Å²) in [5.41, 5.74) is 1.92. The molecule has 2 rings (SSSR count). The van der Waals surface area contributed by atoms with E-state index in [1.165, 1.54) is 0 Å². The van der Waals surface area contributed by atoms with Crippen molar-refractivity contribution in [3.05, 3.63) is 53.6 Å². The lowest BCUT2D eigenvalue weighted by Crippen LogP contribution is -2.30. The number of ether oxygens (including phenoxy) is 3. The molecule has 0 spiro atoms. The third-order valence-electron chi connectivity index (χ3n) is 4.33. The van der Waals surface area contributed by atoms with Gasteiger partial charge in [-0.2, -0.15) is 0 Å². The lowest BCUT2D eigenvalue weighted by atomic mass is 9.96. The van der Waals surface area contributed by atoms with Crippen LogP contribution >= 0.6 is 0 Å². The molecule has 2 aromatic rings. The molecule has 0 saturated heterocycles. The Morgan fingerprint density at radius 2 is 1.56 bits per heavy atom. The number of hydrogen-bond donors (Lipinski definition) is 1. The van der Waals surface area contributed by atoms with Crippen LogP contribution in [-0.2, 0) is 11.2 Å². The predicted molar refractivity (Wildman–Crippen MR) is 107 cm³/mol. The highest BCUT2D eigenvalue weighted by atomic mass is 16.5. The lowest BCUT2D eigenvalue weighted by Gasteiger charge is -2.21. The number of rotatable bonds is 9. The van der Waals surface area contributed by atoms with Crippen LogP contribution in [0.4, 0.5) is 0 Å². The van der Waals surface area contributed by atoms with Crippen molar-refractivity contribution in [3.8, 4) is 17.2 Å². The molecular formula is C22H29NO4. The van der Waals surface area contributed by atoms with Gasteiger partial charge in [-0.3, -0.25) is 4.79 Å². The Bertz CT molecular complexity index is 718. The molecule has 0 bridgehead atoms. The molecule has 5 nitrogen and oxygen atoms in total. The van der Waals surface area contributed by atoms with Crippen LogP contribution in [0.15, 0.2) is 42.5 Å². The summed E-state index contributed by atoms with van der Waals surface area (Å²) in [6, 6.07) is 13.7. The van der Waals surface area contributed by atoms with E-state index >= 15 is 0 Å². The van der Waals surface area contributed by atoms with Gasteiger partial charge >= 0.3 is 0 Å². The Morgan fingerprint density at radius 1 is 0.963 bits per heavy atom. The summed E-state index contributed by atoms with van der Waals surface area (Å²) in [5.74, 6) is 2.03. The molecule has 146 valence electrons. The van der Waals surface area contributed by atoms with Crippen LogP contribution in [0.25, 0.3) is 0 Å². The van der Waals surface area contributed by atoms with E-state index in [2.05, 4.69) is 19.2 Å². The third-order valence-corrected chi connectivity index (χ3v) is 4.33. The van der Waals surface area contributed by atoms with Gasteiger partial charge in [0.15, 0.2) is 11.5 Å². The molecule has 0 aromatic heterocycles.